The zero-order chi connectivity index (χ0) is 5.21. The van der Waals surface area contributed by atoms with Gasteiger partial charge in [0.1, 0.15) is 0 Å². The standard InChI is InChI=1S/C4H11NO.Ca.2H/c1-4(2,5)3-6;;;/h6H,3,5H2,1-2H3;;;/q;+2;2*-1. The molecule has 0 radical (unpaired) electrons. The molecule has 0 saturated carbocycles. The summed E-state index contributed by atoms with van der Waals surface area (Å²) >= 11 is 0. The Balaban J connectivity index is -0.0000000417. The third-order valence-electron chi connectivity index (χ3n) is 0.408. The van der Waals surface area contributed by atoms with Crippen molar-refractivity contribution in [1.82, 2.24) is 0 Å². The fraction of sp³-hybridized carbons (Fsp3) is 1.00. The molecule has 0 aliphatic carbocycles. The molecule has 2 nitrogen and oxygen atoms in total. The number of hydrogen-bond donors (Lipinski definition) is 2. The molecule has 0 aromatic carbocycles. The van der Waals surface area contributed by atoms with Crippen molar-refractivity contribution in [2.24, 2.45) is 5.73 Å². The first kappa shape index (κ1) is 11.0. The van der Waals surface area contributed by atoms with Crippen LogP contribution in [0, 0.1) is 0 Å². The van der Waals surface area contributed by atoms with Gasteiger partial charge < -0.3 is 13.7 Å². The van der Waals surface area contributed by atoms with Crippen LogP contribution in [0.2, 0.25) is 0 Å². The number of hydrogen-bond acceptors (Lipinski definition) is 2. The molecule has 0 aliphatic rings. The largest absolute Gasteiger partial charge is 2.00 e. The third-order valence-corrected chi connectivity index (χ3v) is 0.408. The summed E-state index contributed by atoms with van der Waals surface area (Å²) in [7, 11) is 0. The summed E-state index contributed by atoms with van der Waals surface area (Å²) in [5, 5.41) is 8.28. The zero-order valence-corrected chi connectivity index (χ0v) is 7.15. The maximum absolute atomic E-state index is 8.28. The van der Waals surface area contributed by atoms with Crippen molar-refractivity contribution in [2.75, 3.05) is 6.61 Å². The Morgan fingerprint density at radius 2 is 1.86 bits per heavy atom. The van der Waals surface area contributed by atoms with E-state index in [1.54, 1.807) is 13.8 Å². The summed E-state index contributed by atoms with van der Waals surface area (Å²) in [6.07, 6.45) is 0. The fourth-order valence-corrected chi connectivity index (χ4v) is 0. The molecule has 0 saturated heterocycles. The first-order valence-corrected chi connectivity index (χ1v) is 1.96. The molecule has 0 aliphatic heterocycles. The average molecular weight is 131 g/mol. The van der Waals surface area contributed by atoms with Crippen LogP contribution in [-0.2, 0) is 0 Å². The van der Waals surface area contributed by atoms with Crippen LogP contribution in [0.15, 0.2) is 0 Å². The molecule has 0 fully saturated rings. The molecule has 0 bridgehead atoms. The molecule has 0 heterocycles. The molecule has 0 aromatic heterocycles. The van der Waals surface area contributed by atoms with E-state index in [0.29, 0.717) is 0 Å². The normalized spacial score (nSPS) is 10.3. The van der Waals surface area contributed by atoms with Gasteiger partial charge in [-0.1, -0.05) is 0 Å². The predicted molar refractivity (Wildman–Crippen MR) is 33.3 cm³/mol. The smallest absolute Gasteiger partial charge is 1.00 e. The summed E-state index contributed by atoms with van der Waals surface area (Å²) < 4.78 is 0. The van der Waals surface area contributed by atoms with Crippen molar-refractivity contribution in [3.63, 3.8) is 0 Å². The Kier molecular flexibility index (Phi) is 6.46. The van der Waals surface area contributed by atoms with Crippen LogP contribution in [0.25, 0.3) is 0 Å². The van der Waals surface area contributed by atoms with Gasteiger partial charge >= 0.3 is 37.7 Å². The molecule has 42 valence electrons. The van der Waals surface area contributed by atoms with Crippen LogP contribution >= 0.6 is 0 Å². The molecular weight excluding hydrogens is 118 g/mol. The van der Waals surface area contributed by atoms with Gasteiger partial charge in [-0.05, 0) is 13.8 Å². The summed E-state index contributed by atoms with van der Waals surface area (Å²) in [5.41, 5.74) is 4.88. The maximum Gasteiger partial charge on any atom is 2.00 e. The van der Waals surface area contributed by atoms with Crippen LogP contribution in [0.4, 0.5) is 0 Å². The van der Waals surface area contributed by atoms with Crippen LogP contribution in [-0.4, -0.2) is 55.0 Å². The summed E-state index contributed by atoms with van der Waals surface area (Å²) in [6, 6.07) is 0. The summed E-state index contributed by atoms with van der Waals surface area (Å²) in [4.78, 5) is 0. The molecule has 0 unspecified atom stereocenters. The van der Waals surface area contributed by atoms with Crippen molar-refractivity contribution >= 4 is 37.7 Å². The van der Waals surface area contributed by atoms with Gasteiger partial charge in [0.2, 0.25) is 0 Å². The number of aliphatic hydroxyl groups excluding tert-OH is 1. The minimum atomic E-state index is -0.403. The second-order valence-corrected chi connectivity index (χ2v) is 2.15. The number of aliphatic hydroxyl groups is 1. The monoisotopic (exact) mass is 131 g/mol. The van der Waals surface area contributed by atoms with Gasteiger partial charge in [0.15, 0.2) is 0 Å². The summed E-state index contributed by atoms with van der Waals surface area (Å²) in [5.74, 6) is 0. The fourth-order valence-electron chi connectivity index (χ4n) is 0. The molecule has 0 amide bonds. The van der Waals surface area contributed by atoms with E-state index in [0.717, 1.165) is 0 Å². The van der Waals surface area contributed by atoms with E-state index in [9.17, 15) is 0 Å². The Labute approximate surface area is 77.1 Å². The van der Waals surface area contributed by atoms with E-state index in [1.165, 1.54) is 0 Å². The minimum Gasteiger partial charge on any atom is -1.00 e. The molecule has 0 aromatic rings. The first-order valence-electron chi connectivity index (χ1n) is 1.96. The Bertz CT molecular complexity index is 48.3. The number of nitrogens with two attached hydrogens (primary N) is 1. The second-order valence-electron chi connectivity index (χ2n) is 2.15. The van der Waals surface area contributed by atoms with Gasteiger partial charge in [-0.25, -0.2) is 0 Å². The molecule has 0 rings (SSSR count). The Hall–Kier alpha value is 1.18. The maximum atomic E-state index is 8.28. The van der Waals surface area contributed by atoms with Crippen LogP contribution in [0.5, 0.6) is 0 Å². The third kappa shape index (κ3) is 11.0. The van der Waals surface area contributed by atoms with Crippen LogP contribution in [0.3, 0.4) is 0 Å². The minimum absolute atomic E-state index is 0. The van der Waals surface area contributed by atoms with Gasteiger partial charge in [-0.2, -0.15) is 0 Å². The first-order chi connectivity index (χ1) is 2.56. The van der Waals surface area contributed by atoms with Crippen molar-refractivity contribution < 1.29 is 7.96 Å². The number of rotatable bonds is 1. The van der Waals surface area contributed by atoms with E-state index >= 15 is 0 Å². The Morgan fingerprint density at radius 1 is 1.71 bits per heavy atom. The topological polar surface area (TPSA) is 46.2 Å². The average Bonchev–Trinajstić information content (AvgIpc) is 1.35. The van der Waals surface area contributed by atoms with Gasteiger partial charge in [0.05, 0.1) is 6.61 Å². The Morgan fingerprint density at radius 3 is 1.86 bits per heavy atom. The molecule has 3 N–H and O–H groups in total. The van der Waals surface area contributed by atoms with Crippen LogP contribution < -0.4 is 5.73 Å². The summed E-state index contributed by atoms with van der Waals surface area (Å²) in [6.45, 7) is 3.59. The van der Waals surface area contributed by atoms with Crippen molar-refractivity contribution in [1.29, 1.82) is 0 Å². The molecule has 0 spiro atoms. The zero-order valence-electron chi connectivity index (χ0n) is 6.94. The van der Waals surface area contributed by atoms with Gasteiger partial charge in [0.25, 0.3) is 0 Å². The predicted octanol–water partition coefficient (Wildman–Crippen LogP) is -0.440. The molecule has 3 heteroatoms. The van der Waals surface area contributed by atoms with E-state index < -0.39 is 5.54 Å². The van der Waals surface area contributed by atoms with E-state index in [2.05, 4.69) is 0 Å². The van der Waals surface area contributed by atoms with Gasteiger partial charge in [-0.3, -0.25) is 0 Å². The van der Waals surface area contributed by atoms with Gasteiger partial charge in [0, 0.05) is 5.54 Å². The molecule has 7 heavy (non-hydrogen) atoms. The molecule has 0 atom stereocenters. The van der Waals surface area contributed by atoms with E-state index in [4.69, 9.17) is 10.8 Å². The van der Waals surface area contributed by atoms with Crippen molar-refractivity contribution in [2.45, 2.75) is 19.4 Å². The quantitative estimate of drug-likeness (QED) is 0.474. The van der Waals surface area contributed by atoms with Crippen LogP contribution in [0.1, 0.15) is 16.7 Å². The van der Waals surface area contributed by atoms with Crippen molar-refractivity contribution in [3.8, 4) is 0 Å². The van der Waals surface area contributed by atoms with E-state index in [-0.39, 0.29) is 47.2 Å². The second kappa shape index (κ2) is 4.10. The molecular formula is C4H13CaNO. The van der Waals surface area contributed by atoms with Gasteiger partial charge in [-0.15, -0.1) is 0 Å². The van der Waals surface area contributed by atoms with E-state index in [1.807, 2.05) is 0 Å². The SMILES string of the molecule is CC(C)(N)CO.[Ca+2].[H-].[H-]. The van der Waals surface area contributed by atoms with Crippen molar-refractivity contribution in [3.05, 3.63) is 0 Å².